The number of ketones is 1. The molecule has 0 saturated carbocycles. The number of hydrogen-bond donors (Lipinski definition) is 3. The number of nitrogens with zero attached hydrogens (tertiary/aromatic N) is 2. The summed E-state index contributed by atoms with van der Waals surface area (Å²) in [4.78, 5) is 45.2. The van der Waals surface area contributed by atoms with E-state index in [0.29, 0.717) is 42.0 Å². The van der Waals surface area contributed by atoms with Gasteiger partial charge in [-0.3, -0.25) is 19.9 Å². The third-order valence-electron chi connectivity index (χ3n) is 6.09. The van der Waals surface area contributed by atoms with Crippen molar-refractivity contribution in [3.05, 3.63) is 72.1 Å². The lowest BCUT2D eigenvalue weighted by atomic mass is 9.67. The van der Waals surface area contributed by atoms with Gasteiger partial charge in [-0.25, -0.2) is 9.78 Å². The summed E-state index contributed by atoms with van der Waals surface area (Å²) < 4.78 is 0. The van der Waals surface area contributed by atoms with Gasteiger partial charge in [-0.2, -0.15) is 0 Å². The van der Waals surface area contributed by atoms with Crippen molar-refractivity contribution < 1.29 is 19.5 Å². The molecule has 1 aromatic heterocycles. The maximum absolute atomic E-state index is 13.1. The fourth-order valence-electron chi connectivity index (χ4n) is 4.22. The van der Waals surface area contributed by atoms with E-state index in [4.69, 9.17) is 0 Å². The Hall–Kier alpha value is -4.07. The summed E-state index contributed by atoms with van der Waals surface area (Å²) in [6.45, 7) is 1.87. The van der Waals surface area contributed by atoms with E-state index in [1.54, 1.807) is 30.5 Å². The average molecular weight is 444 g/mol. The quantitative estimate of drug-likeness (QED) is 0.503. The lowest BCUT2D eigenvalue weighted by Crippen LogP contribution is -2.37. The van der Waals surface area contributed by atoms with E-state index in [0.717, 1.165) is 11.1 Å². The van der Waals surface area contributed by atoms with E-state index in [-0.39, 0.29) is 12.2 Å². The molecule has 168 valence electrons. The first kappa shape index (κ1) is 22.1. The van der Waals surface area contributed by atoms with Gasteiger partial charge in [0, 0.05) is 22.2 Å². The standard InChI is InChI=1S/C25H24N4O4/c1-2-25(13-22(30)31)11-10-16-12-17(8-9-19(16)23(25)32)20-14-27-21(15-26-20)29-24(33)28-18-6-4-3-5-7-18/h3-9,12,14-15H,2,10-11,13H2,1H3,(H,30,31)(H2,27,28,29,33). The number of Topliss-reactive ketones (excluding diaryl/α,β-unsaturated/α-hetero) is 1. The minimum absolute atomic E-state index is 0.102. The summed E-state index contributed by atoms with van der Waals surface area (Å²) in [5.41, 5.74) is 2.70. The molecule has 0 spiro atoms. The minimum atomic E-state index is -0.952. The molecule has 1 heterocycles. The Labute approximate surface area is 191 Å². The number of aliphatic carboxylic acids is 1. The van der Waals surface area contributed by atoms with Gasteiger partial charge < -0.3 is 10.4 Å². The number of nitrogens with one attached hydrogen (secondary N) is 2. The Morgan fingerprint density at radius 1 is 1.06 bits per heavy atom. The predicted molar refractivity (Wildman–Crippen MR) is 124 cm³/mol. The molecule has 0 bridgehead atoms. The van der Waals surface area contributed by atoms with E-state index >= 15 is 0 Å². The van der Waals surface area contributed by atoms with Crippen molar-refractivity contribution in [2.45, 2.75) is 32.6 Å². The summed E-state index contributed by atoms with van der Waals surface area (Å²) in [6, 6.07) is 14.1. The predicted octanol–water partition coefficient (Wildman–Crippen LogP) is 4.79. The van der Waals surface area contributed by atoms with Crippen LogP contribution >= 0.6 is 0 Å². The number of benzene rings is 2. The molecule has 2 aromatic carbocycles. The van der Waals surface area contributed by atoms with Gasteiger partial charge in [-0.15, -0.1) is 0 Å². The number of para-hydroxylation sites is 1. The number of fused-ring (bicyclic) bond motifs is 1. The Morgan fingerprint density at radius 2 is 1.85 bits per heavy atom. The molecule has 0 fully saturated rings. The van der Waals surface area contributed by atoms with Gasteiger partial charge >= 0.3 is 12.0 Å². The zero-order valence-electron chi connectivity index (χ0n) is 18.2. The van der Waals surface area contributed by atoms with Crippen LogP contribution in [-0.2, 0) is 11.2 Å². The maximum atomic E-state index is 13.1. The molecule has 8 heteroatoms. The summed E-state index contributed by atoms with van der Waals surface area (Å²) in [5, 5.41) is 14.6. The maximum Gasteiger partial charge on any atom is 0.324 e. The summed E-state index contributed by atoms with van der Waals surface area (Å²) in [5.74, 6) is -0.747. The smallest absolute Gasteiger partial charge is 0.324 e. The number of carboxylic acids is 1. The van der Waals surface area contributed by atoms with Crippen LogP contribution in [0.1, 0.15) is 42.1 Å². The largest absolute Gasteiger partial charge is 0.481 e. The number of hydrogen-bond acceptors (Lipinski definition) is 5. The van der Waals surface area contributed by atoms with Crippen molar-refractivity contribution >= 4 is 29.3 Å². The molecule has 2 amide bonds. The number of aromatic nitrogens is 2. The van der Waals surface area contributed by atoms with Gasteiger partial charge in [-0.05, 0) is 43.0 Å². The van der Waals surface area contributed by atoms with Crippen molar-refractivity contribution in [3.63, 3.8) is 0 Å². The number of carbonyl (C=O) groups is 3. The molecule has 3 N–H and O–H groups in total. The minimum Gasteiger partial charge on any atom is -0.481 e. The number of anilines is 2. The van der Waals surface area contributed by atoms with E-state index in [1.807, 2.05) is 31.2 Å². The molecule has 0 aliphatic heterocycles. The van der Waals surface area contributed by atoms with Crippen molar-refractivity contribution in [3.8, 4) is 11.3 Å². The molecule has 1 aliphatic carbocycles. The monoisotopic (exact) mass is 444 g/mol. The highest BCUT2D eigenvalue weighted by Crippen LogP contribution is 2.41. The highest BCUT2D eigenvalue weighted by molar-refractivity contribution is 6.04. The first-order valence-electron chi connectivity index (χ1n) is 10.8. The number of urea groups is 1. The number of amides is 2. The van der Waals surface area contributed by atoms with E-state index in [1.165, 1.54) is 6.20 Å². The first-order valence-corrected chi connectivity index (χ1v) is 10.8. The number of rotatable bonds is 6. The number of carboxylic acid groups (broad SMARTS) is 1. The van der Waals surface area contributed by atoms with Crippen LogP contribution in [0.3, 0.4) is 0 Å². The van der Waals surface area contributed by atoms with Crippen LogP contribution in [-0.4, -0.2) is 32.9 Å². The molecule has 33 heavy (non-hydrogen) atoms. The first-order chi connectivity index (χ1) is 15.9. The fraction of sp³-hybridized carbons (Fsp3) is 0.240. The topological polar surface area (TPSA) is 121 Å². The molecule has 1 unspecified atom stereocenters. The Kier molecular flexibility index (Phi) is 6.17. The highest BCUT2D eigenvalue weighted by atomic mass is 16.4. The van der Waals surface area contributed by atoms with Gasteiger partial charge in [0.15, 0.2) is 11.6 Å². The van der Waals surface area contributed by atoms with Gasteiger partial charge in [0.05, 0.1) is 24.5 Å². The normalized spacial score (nSPS) is 17.2. The molecule has 1 atom stereocenters. The zero-order chi connectivity index (χ0) is 23.4. The Morgan fingerprint density at radius 3 is 2.52 bits per heavy atom. The van der Waals surface area contributed by atoms with Crippen LogP contribution in [0, 0.1) is 5.41 Å². The molecule has 4 rings (SSSR count). The average Bonchev–Trinajstić information content (AvgIpc) is 2.81. The third kappa shape index (κ3) is 4.74. The SMILES string of the molecule is CCC1(CC(=O)O)CCc2cc(-c3cnc(NC(=O)Nc4ccccc4)cn3)ccc2C1=O. The van der Waals surface area contributed by atoms with Gasteiger partial charge in [0.1, 0.15) is 0 Å². The van der Waals surface area contributed by atoms with Crippen LogP contribution in [0.15, 0.2) is 60.9 Å². The van der Waals surface area contributed by atoms with Gasteiger partial charge in [0.25, 0.3) is 0 Å². The second-order valence-corrected chi connectivity index (χ2v) is 8.14. The Bertz CT molecular complexity index is 1190. The van der Waals surface area contributed by atoms with E-state index < -0.39 is 17.4 Å². The lowest BCUT2D eigenvalue weighted by Gasteiger charge is -2.34. The summed E-state index contributed by atoms with van der Waals surface area (Å²) in [7, 11) is 0. The van der Waals surface area contributed by atoms with Crippen molar-refractivity contribution in [1.82, 2.24) is 9.97 Å². The van der Waals surface area contributed by atoms with Crippen LogP contribution in [0.5, 0.6) is 0 Å². The van der Waals surface area contributed by atoms with Crippen molar-refractivity contribution in [1.29, 1.82) is 0 Å². The van der Waals surface area contributed by atoms with Gasteiger partial charge in [0.2, 0.25) is 0 Å². The second-order valence-electron chi connectivity index (χ2n) is 8.14. The number of carbonyl (C=O) groups excluding carboxylic acids is 2. The second kappa shape index (κ2) is 9.20. The molecular formula is C25H24N4O4. The van der Waals surface area contributed by atoms with Crippen molar-refractivity contribution in [2.24, 2.45) is 5.41 Å². The summed E-state index contributed by atoms with van der Waals surface area (Å²) >= 11 is 0. The number of aryl methyl sites for hydroxylation is 1. The van der Waals surface area contributed by atoms with E-state index in [2.05, 4.69) is 20.6 Å². The molecule has 8 nitrogen and oxygen atoms in total. The highest BCUT2D eigenvalue weighted by Gasteiger charge is 2.42. The summed E-state index contributed by atoms with van der Waals surface area (Å²) in [6.07, 6.45) is 4.52. The molecule has 1 aliphatic rings. The fourth-order valence-corrected chi connectivity index (χ4v) is 4.22. The van der Waals surface area contributed by atoms with Crippen LogP contribution in [0.25, 0.3) is 11.3 Å². The van der Waals surface area contributed by atoms with Crippen LogP contribution < -0.4 is 10.6 Å². The van der Waals surface area contributed by atoms with E-state index in [9.17, 15) is 19.5 Å². The molecular weight excluding hydrogens is 420 g/mol. The molecule has 0 saturated heterocycles. The Balaban J connectivity index is 1.48. The van der Waals surface area contributed by atoms with Gasteiger partial charge in [-0.1, -0.05) is 37.3 Å². The van der Waals surface area contributed by atoms with Crippen molar-refractivity contribution in [2.75, 3.05) is 10.6 Å². The molecule has 0 radical (unpaired) electrons. The lowest BCUT2D eigenvalue weighted by molar-refractivity contribution is -0.139. The third-order valence-corrected chi connectivity index (χ3v) is 6.09. The molecule has 3 aromatic rings. The van der Waals surface area contributed by atoms with Crippen LogP contribution in [0.2, 0.25) is 0 Å². The van der Waals surface area contributed by atoms with Crippen LogP contribution in [0.4, 0.5) is 16.3 Å². The zero-order valence-corrected chi connectivity index (χ0v) is 18.2.